The Morgan fingerprint density at radius 1 is 1.25 bits per heavy atom. The molecule has 0 atom stereocenters. The van der Waals surface area contributed by atoms with E-state index in [0.717, 1.165) is 0 Å². The van der Waals surface area contributed by atoms with Crippen LogP contribution in [-0.4, -0.2) is 34.8 Å². The van der Waals surface area contributed by atoms with Gasteiger partial charge in [0.1, 0.15) is 0 Å². The second-order valence-electron chi connectivity index (χ2n) is 4.00. The molecule has 106 valence electrons. The van der Waals surface area contributed by atoms with Crippen LogP contribution >= 0.6 is 0 Å². The van der Waals surface area contributed by atoms with Gasteiger partial charge in [-0.25, -0.2) is 14.3 Å². The molecule has 6 nitrogen and oxygen atoms in total. The summed E-state index contributed by atoms with van der Waals surface area (Å²) in [6, 6.07) is 7.31. The van der Waals surface area contributed by atoms with Crippen molar-refractivity contribution in [2.24, 2.45) is 4.99 Å². The number of imidazole rings is 1. The summed E-state index contributed by atoms with van der Waals surface area (Å²) in [6.07, 6.45) is -0.496. The molecule has 0 bridgehead atoms. The SMILES string of the molecule is CCOC(=O)n1c(/N=C(/C)OCC)nc2ccccc21. The average molecular weight is 275 g/mol. The van der Waals surface area contributed by atoms with E-state index in [2.05, 4.69) is 9.98 Å². The molecule has 1 aromatic carbocycles. The number of carbonyl (C=O) groups excluding carboxylic acids is 1. The molecule has 20 heavy (non-hydrogen) atoms. The lowest BCUT2D eigenvalue weighted by Gasteiger charge is -2.06. The van der Waals surface area contributed by atoms with E-state index >= 15 is 0 Å². The zero-order chi connectivity index (χ0) is 14.5. The predicted molar refractivity (Wildman–Crippen MR) is 76.5 cm³/mol. The largest absolute Gasteiger partial charge is 0.481 e. The highest BCUT2D eigenvalue weighted by atomic mass is 16.5. The van der Waals surface area contributed by atoms with Crippen molar-refractivity contribution in [2.45, 2.75) is 20.8 Å². The third-order valence-corrected chi connectivity index (χ3v) is 2.60. The fraction of sp³-hybridized carbons (Fsp3) is 0.357. The van der Waals surface area contributed by atoms with Gasteiger partial charge in [0.05, 0.1) is 24.2 Å². The van der Waals surface area contributed by atoms with Crippen molar-refractivity contribution in [3.63, 3.8) is 0 Å². The number of fused-ring (bicyclic) bond motifs is 1. The Hall–Kier alpha value is -2.37. The normalized spacial score (nSPS) is 11.7. The topological polar surface area (TPSA) is 65.7 Å². The minimum Gasteiger partial charge on any atom is -0.481 e. The van der Waals surface area contributed by atoms with Gasteiger partial charge in [0.15, 0.2) is 5.90 Å². The van der Waals surface area contributed by atoms with Gasteiger partial charge >= 0.3 is 6.09 Å². The summed E-state index contributed by atoms with van der Waals surface area (Å²) >= 11 is 0. The van der Waals surface area contributed by atoms with E-state index in [9.17, 15) is 4.79 Å². The molecular formula is C14H17N3O3. The van der Waals surface area contributed by atoms with E-state index in [-0.39, 0.29) is 5.95 Å². The first-order valence-corrected chi connectivity index (χ1v) is 6.50. The van der Waals surface area contributed by atoms with E-state index in [1.807, 2.05) is 25.1 Å². The molecule has 2 aromatic rings. The summed E-state index contributed by atoms with van der Waals surface area (Å²) in [4.78, 5) is 20.6. The molecule has 0 spiro atoms. The molecular weight excluding hydrogens is 258 g/mol. The molecule has 0 fully saturated rings. The van der Waals surface area contributed by atoms with Gasteiger partial charge in [0.25, 0.3) is 0 Å². The molecule has 0 aliphatic carbocycles. The van der Waals surface area contributed by atoms with Gasteiger partial charge in [0.2, 0.25) is 5.95 Å². The van der Waals surface area contributed by atoms with E-state index in [1.165, 1.54) is 4.57 Å². The number of carbonyl (C=O) groups is 1. The first-order chi connectivity index (χ1) is 9.67. The van der Waals surface area contributed by atoms with Crippen molar-refractivity contribution < 1.29 is 14.3 Å². The zero-order valence-electron chi connectivity index (χ0n) is 11.8. The first-order valence-electron chi connectivity index (χ1n) is 6.50. The summed E-state index contributed by atoms with van der Waals surface area (Å²) in [5.74, 6) is 0.712. The minimum atomic E-state index is -0.496. The van der Waals surface area contributed by atoms with Gasteiger partial charge < -0.3 is 9.47 Å². The quantitative estimate of drug-likeness (QED) is 0.637. The number of aliphatic imine (C=N–C) groups is 1. The molecule has 0 N–H and O–H groups in total. The molecule has 0 aliphatic heterocycles. The van der Waals surface area contributed by atoms with Crippen molar-refractivity contribution in [1.82, 2.24) is 9.55 Å². The highest BCUT2D eigenvalue weighted by Gasteiger charge is 2.17. The highest BCUT2D eigenvalue weighted by molar-refractivity contribution is 5.91. The fourth-order valence-electron chi connectivity index (χ4n) is 1.84. The number of hydrogen-bond acceptors (Lipinski definition) is 5. The average Bonchev–Trinajstić information content (AvgIpc) is 2.76. The van der Waals surface area contributed by atoms with Gasteiger partial charge in [-0.1, -0.05) is 12.1 Å². The lowest BCUT2D eigenvalue weighted by Crippen LogP contribution is -2.13. The molecule has 0 saturated heterocycles. The van der Waals surface area contributed by atoms with Crippen molar-refractivity contribution in [2.75, 3.05) is 13.2 Å². The zero-order valence-corrected chi connectivity index (χ0v) is 11.8. The smallest absolute Gasteiger partial charge is 0.421 e. The molecule has 1 aromatic heterocycles. The van der Waals surface area contributed by atoms with Crippen LogP contribution in [0.2, 0.25) is 0 Å². The maximum Gasteiger partial charge on any atom is 0.421 e. The number of rotatable bonds is 3. The molecule has 0 radical (unpaired) electrons. The number of aromatic nitrogens is 2. The Morgan fingerprint density at radius 3 is 2.65 bits per heavy atom. The molecule has 0 amide bonds. The van der Waals surface area contributed by atoms with Gasteiger partial charge in [-0.05, 0) is 26.0 Å². The fourth-order valence-corrected chi connectivity index (χ4v) is 1.84. The third-order valence-electron chi connectivity index (χ3n) is 2.60. The van der Waals surface area contributed by atoms with Crippen molar-refractivity contribution in [1.29, 1.82) is 0 Å². The first kappa shape index (κ1) is 14.0. The third kappa shape index (κ3) is 2.79. The van der Waals surface area contributed by atoms with E-state index in [0.29, 0.717) is 30.1 Å². The predicted octanol–water partition coefficient (Wildman–Crippen LogP) is 3.13. The number of nitrogens with zero attached hydrogens (tertiary/aromatic N) is 3. The summed E-state index contributed by atoms with van der Waals surface area (Å²) in [6.45, 7) is 6.14. The molecule has 1 heterocycles. The summed E-state index contributed by atoms with van der Waals surface area (Å²) < 4.78 is 11.7. The van der Waals surface area contributed by atoms with Crippen LogP contribution in [0.15, 0.2) is 29.3 Å². The monoisotopic (exact) mass is 275 g/mol. The lowest BCUT2D eigenvalue weighted by atomic mass is 10.3. The second kappa shape index (κ2) is 6.18. The van der Waals surface area contributed by atoms with Crippen LogP contribution in [0.4, 0.5) is 10.7 Å². The summed E-state index contributed by atoms with van der Waals surface area (Å²) in [5, 5.41) is 0. The van der Waals surface area contributed by atoms with Gasteiger partial charge in [0, 0.05) is 6.92 Å². The van der Waals surface area contributed by atoms with E-state index < -0.39 is 6.09 Å². The van der Waals surface area contributed by atoms with Gasteiger partial charge in [-0.3, -0.25) is 0 Å². The second-order valence-corrected chi connectivity index (χ2v) is 4.00. The Kier molecular flexibility index (Phi) is 4.34. The number of ether oxygens (including phenoxy) is 2. The van der Waals surface area contributed by atoms with Crippen LogP contribution in [0.1, 0.15) is 20.8 Å². The van der Waals surface area contributed by atoms with Crippen molar-refractivity contribution in [3.8, 4) is 0 Å². The van der Waals surface area contributed by atoms with Crippen molar-refractivity contribution >= 4 is 29.0 Å². The van der Waals surface area contributed by atoms with Crippen molar-refractivity contribution in [3.05, 3.63) is 24.3 Å². The summed E-state index contributed by atoms with van der Waals surface area (Å²) in [7, 11) is 0. The number of para-hydroxylation sites is 2. The van der Waals surface area contributed by atoms with Crippen LogP contribution < -0.4 is 0 Å². The molecule has 6 heteroatoms. The van der Waals surface area contributed by atoms with Gasteiger partial charge in [-0.2, -0.15) is 4.99 Å². The summed E-state index contributed by atoms with van der Waals surface area (Å²) in [5.41, 5.74) is 1.35. The Bertz CT molecular complexity index is 646. The van der Waals surface area contributed by atoms with E-state index in [4.69, 9.17) is 9.47 Å². The molecule has 0 aliphatic rings. The standard InChI is InChI=1S/C14H17N3O3/c1-4-19-10(3)15-13-16-11-8-6-7-9-12(11)17(13)14(18)20-5-2/h6-9H,4-5H2,1-3H3/b15-10-. The van der Waals surface area contributed by atoms with Crippen LogP contribution in [0.5, 0.6) is 0 Å². The maximum absolute atomic E-state index is 12.1. The lowest BCUT2D eigenvalue weighted by molar-refractivity contribution is 0.155. The van der Waals surface area contributed by atoms with E-state index in [1.54, 1.807) is 19.9 Å². The Balaban J connectivity index is 2.55. The maximum atomic E-state index is 12.1. The molecule has 0 saturated carbocycles. The molecule has 2 rings (SSSR count). The minimum absolute atomic E-state index is 0.260. The van der Waals surface area contributed by atoms with Crippen LogP contribution in [0, 0.1) is 0 Å². The van der Waals surface area contributed by atoms with Crippen LogP contribution in [0.3, 0.4) is 0 Å². The van der Waals surface area contributed by atoms with Gasteiger partial charge in [-0.15, -0.1) is 0 Å². The Labute approximate surface area is 117 Å². The number of benzene rings is 1. The molecule has 0 unspecified atom stereocenters. The highest BCUT2D eigenvalue weighted by Crippen LogP contribution is 2.22. The van der Waals surface area contributed by atoms with Crippen LogP contribution in [-0.2, 0) is 9.47 Å². The Morgan fingerprint density at radius 2 is 1.95 bits per heavy atom. The number of hydrogen-bond donors (Lipinski definition) is 0. The van der Waals surface area contributed by atoms with Crippen LogP contribution in [0.25, 0.3) is 11.0 Å².